The number of methoxy groups -OCH3 is 2. The summed E-state index contributed by atoms with van der Waals surface area (Å²) in [7, 11) is 7.02. The van der Waals surface area contributed by atoms with Crippen molar-refractivity contribution < 1.29 is 72.9 Å². The van der Waals surface area contributed by atoms with Crippen LogP contribution in [0.3, 0.4) is 0 Å². The third kappa shape index (κ3) is 17.0. The molecular formula is C59H86N10O15. The zero-order chi connectivity index (χ0) is 60.7. The Kier molecular flexibility index (Phi) is 23.4. The zero-order valence-electron chi connectivity index (χ0n) is 49.5. The number of benzene rings is 2. The van der Waals surface area contributed by atoms with Crippen molar-refractivity contribution in [1.82, 2.24) is 44.9 Å². The predicted octanol–water partition coefficient (Wildman–Crippen LogP) is 2.60. The minimum absolute atomic E-state index is 0.0342. The number of nitrogens with one attached hydrogen (secondary N) is 2. The van der Waals surface area contributed by atoms with Crippen LogP contribution in [0, 0.1) is 23.7 Å². The van der Waals surface area contributed by atoms with Crippen LogP contribution in [0.4, 0.5) is 5.69 Å². The van der Waals surface area contributed by atoms with Crippen LogP contribution in [0.15, 0.2) is 42.5 Å². The third-order valence-electron chi connectivity index (χ3n) is 16.7. The molecule has 25 heteroatoms. The molecule has 1 aromatic heterocycles. The summed E-state index contributed by atoms with van der Waals surface area (Å²) in [5.41, 5.74) is 1.71. The SMILES string of the molecule is COc1cccc(OC)c1-c1cc(C(=O)NC2(C(=O)O)C3CC4CC(C3)CC2C4)nn1-c1ccc(N(CCCN(C)C)C(=O)COCCOCCNC(=O)CN2CCN(CC(=O)O)CCN(CC(=O)O)CCN(CC(=O)O)CC2)cc1C(C)C. The van der Waals surface area contributed by atoms with Gasteiger partial charge in [-0.15, -0.1) is 0 Å². The summed E-state index contributed by atoms with van der Waals surface area (Å²) in [6.07, 6.45) is 4.86. The van der Waals surface area contributed by atoms with Crippen LogP contribution in [-0.4, -0.2) is 255 Å². The van der Waals surface area contributed by atoms with Crippen molar-refractivity contribution in [1.29, 1.82) is 0 Å². The number of carbonyl (C=O) groups excluding carboxylic acids is 3. The summed E-state index contributed by atoms with van der Waals surface area (Å²) >= 11 is 0. The second kappa shape index (κ2) is 30.4. The maximum atomic E-state index is 14.6. The van der Waals surface area contributed by atoms with Crippen molar-refractivity contribution in [2.24, 2.45) is 23.7 Å². The molecule has 0 atom stereocenters. The van der Waals surface area contributed by atoms with Gasteiger partial charge in [-0.1, -0.05) is 19.9 Å². The predicted molar refractivity (Wildman–Crippen MR) is 310 cm³/mol. The highest BCUT2D eigenvalue weighted by atomic mass is 16.5. The minimum Gasteiger partial charge on any atom is -0.496 e. The fourth-order valence-corrected chi connectivity index (χ4v) is 12.8. The van der Waals surface area contributed by atoms with Crippen molar-refractivity contribution in [2.45, 2.75) is 63.8 Å². The number of ether oxygens (including phenoxy) is 4. The lowest BCUT2D eigenvalue weighted by atomic mass is 9.48. The van der Waals surface area contributed by atoms with E-state index in [-0.39, 0.29) is 134 Å². The van der Waals surface area contributed by atoms with Gasteiger partial charge in [0.2, 0.25) is 5.91 Å². The normalized spacial score (nSPS) is 21.6. The molecule has 6 N–H and O–H groups in total. The molecule has 4 saturated carbocycles. The van der Waals surface area contributed by atoms with E-state index in [2.05, 4.69) is 10.6 Å². The maximum absolute atomic E-state index is 14.6. The Hall–Kier alpha value is -6.74. The highest BCUT2D eigenvalue weighted by Gasteiger charge is 2.62. The van der Waals surface area contributed by atoms with Crippen molar-refractivity contribution in [3.63, 3.8) is 0 Å². The molecule has 1 saturated heterocycles. The lowest BCUT2D eigenvalue weighted by Crippen LogP contribution is -2.70. The smallest absolute Gasteiger partial charge is 0.330 e. The lowest BCUT2D eigenvalue weighted by Gasteiger charge is -2.59. The average Bonchev–Trinajstić information content (AvgIpc) is 1.34. The Morgan fingerprint density at radius 1 is 0.679 bits per heavy atom. The van der Waals surface area contributed by atoms with Crippen molar-refractivity contribution >= 4 is 47.3 Å². The molecule has 4 bridgehead atoms. The molecule has 8 rings (SSSR count). The second-order valence-electron chi connectivity index (χ2n) is 23.2. The number of carboxylic acid groups (broad SMARTS) is 4. The molecule has 3 amide bonds. The molecule has 5 aliphatic rings. The first-order chi connectivity index (χ1) is 40.2. The monoisotopic (exact) mass is 1170 g/mol. The molecule has 1 aliphatic heterocycles. The Bertz CT molecular complexity index is 2690. The van der Waals surface area contributed by atoms with Crippen LogP contribution in [-0.2, 0) is 38.2 Å². The van der Waals surface area contributed by atoms with Gasteiger partial charge in [-0.25, -0.2) is 9.48 Å². The highest BCUT2D eigenvalue weighted by molar-refractivity contribution is 5.98. The van der Waals surface area contributed by atoms with Crippen LogP contribution in [0.25, 0.3) is 16.9 Å². The Labute approximate surface area is 491 Å². The molecule has 84 heavy (non-hydrogen) atoms. The molecule has 462 valence electrons. The summed E-state index contributed by atoms with van der Waals surface area (Å²) in [5, 5.41) is 50.3. The number of hydrogen-bond acceptors (Lipinski definition) is 17. The van der Waals surface area contributed by atoms with Crippen molar-refractivity contribution in [3.05, 3.63) is 53.7 Å². The van der Waals surface area contributed by atoms with Crippen LogP contribution < -0.4 is 25.0 Å². The third-order valence-corrected chi connectivity index (χ3v) is 16.7. The molecule has 2 heterocycles. The van der Waals surface area contributed by atoms with Crippen LogP contribution in [0.5, 0.6) is 11.5 Å². The standard InChI is InChI=1S/C59H86N10O15/c1-39(2)45-32-44(11-12-47(45)69-48(56-49(81-5)9-7-10-50(56)82-6)33-46(62-69)57(78)61-59(58(79)80)42-28-40-27-41(30-42)31-43(59)29-40)68(15-8-14-63(3)4)52(71)38-84-26-25-83-24-13-60-51(70)34-64-16-18-65(35-53(72)73)20-22-67(37-55(76)77)23-21-66(19-17-64)36-54(74)75/h7,9-12,32-33,39-43H,8,13-31,34-38H2,1-6H3,(H,60,70)(H,61,78)(H,72,73)(H,74,75)(H,76,77)(H,79,80). The van der Waals surface area contributed by atoms with E-state index < -0.39 is 35.3 Å². The van der Waals surface area contributed by atoms with E-state index in [4.69, 9.17) is 24.0 Å². The van der Waals surface area contributed by atoms with E-state index in [9.17, 15) is 54.0 Å². The summed E-state index contributed by atoms with van der Waals surface area (Å²) in [5.74, 6) is -3.86. The largest absolute Gasteiger partial charge is 0.496 e. The van der Waals surface area contributed by atoms with Crippen molar-refractivity contribution in [2.75, 3.05) is 158 Å². The minimum atomic E-state index is -1.40. The summed E-state index contributed by atoms with van der Waals surface area (Å²) in [4.78, 5) is 101. The Morgan fingerprint density at radius 2 is 1.20 bits per heavy atom. The Balaban J connectivity index is 0.994. The van der Waals surface area contributed by atoms with E-state index in [1.807, 2.05) is 55.9 Å². The van der Waals surface area contributed by atoms with Gasteiger partial charge in [0.05, 0.1) is 77.2 Å². The quantitative estimate of drug-likeness (QED) is 0.0545. The molecule has 3 aromatic rings. The van der Waals surface area contributed by atoms with Gasteiger partial charge in [0.25, 0.3) is 11.8 Å². The summed E-state index contributed by atoms with van der Waals surface area (Å²) in [6, 6.07) is 12.7. The van der Waals surface area contributed by atoms with Gasteiger partial charge >= 0.3 is 23.9 Å². The van der Waals surface area contributed by atoms with Crippen LogP contribution >= 0.6 is 0 Å². The number of aromatic nitrogens is 2. The molecule has 4 aliphatic carbocycles. The van der Waals surface area contributed by atoms with E-state index in [1.165, 1.54) is 0 Å². The van der Waals surface area contributed by atoms with Gasteiger partial charge in [0.15, 0.2) is 5.69 Å². The number of hydrogen-bond donors (Lipinski definition) is 6. The van der Waals surface area contributed by atoms with E-state index in [0.717, 1.165) is 37.7 Å². The fraction of sp³-hybridized carbons (Fsp3) is 0.627. The topological polar surface area (TPSA) is 299 Å². The molecule has 2 aromatic carbocycles. The average molecular weight is 1180 g/mol. The molecule has 0 unspecified atom stereocenters. The Morgan fingerprint density at radius 3 is 1.69 bits per heavy atom. The first kappa shape index (κ1) is 64.8. The fourth-order valence-electron chi connectivity index (χ4n) is 12.8. The van der Waals surface area contributed by atoms with Gasteiger partial charge in [0, 0.05) is 71.1 Å². The van der Waals surface area contributed by atoms with Crippen LogP contribution in [0.2, 0.25) is 0 Å². The number of nitrogens with zero attached hydrogens (tertiary/aromatic N) is 8. The number of rotatable bonds is 29. The molecule has 25 nitrogen and oxygen atoms in total. The summed E-state index contributed by atoms with van der Waals surface area (Å²) in [6.45, 7) is 6.81. The second-order valence-corrected chi connectivity index (χ2v) is 23.2. The molecule has 5 fully saturated rings. The molecule has 0 radical (unpaired) electrons. The van der Waals surface area contributed by atoms with Crippen LogP contribution in [0.1, 0.15) is 74.3 Å². The number of aliphatic carboxylic acids is 4. The first-order valence-electron chi connectivity index (χ1n) is 29.1. The van der Waals surface area contributed by atoms with E-state index >= 15 is 0 Å². The van der Waals surface area contributed by atoms with Gasteiger partial charge in [0.1, 0.15) is 23.6 Å². The van der Waals surface area contributed by atoms with Gasteiger partial charge in [-0.2, -0.15) is 5.10 Å². The lowest BCUT2D eigenvalue weighted by molar-refractivity contribution is -0.163. The highest BCUT2D eigenvalue weighted by Crippen LogP contribution is 2.58. The number of carbonyl (C=O) groups is 7. The van der Waals surface area contributed by atoms with E-state index in [1.54, 1.807) is 62.8 Å². The number of anilines is 1. The van der Waals surface area contributed by atoms with Gasteiger partial charge in [-0.05, 0) is 131 Å². The van der Waals surface area contributed by atoms with E-state index in [0.29, 0.717) is 78.6 Å². The number of carboxylic acids is 4. The molecular weight excluding hydrogens is 1090 g/mol. The van der Waals surface area contributed by atoms with Gasteiger partial charge < -0.3 is 59.8 Å². The first-order valence-corrected chi connectivity index (χ1v) is 29.1. The number of amides is 3. The maximum Gasteiger partial charge on any atom is 0.330 e. The van der Waals surface area contributed by atoms with Gasteiger partial charge in [-0.3, -0.25) is 48.4 Å². The molecule has 0 spiro atoms. The van der Waals surface area contributed by atoms with Crippen molar-refractivity contribution in [3.8, 4) is 28.4 Å². The zero-order valence-corrected chi connectivity index (χ0v) is 49.5. The summed E-state index contributed by atoms with van der Waals surface area (Å²) < 4.78 is 25.0.